The summed E-state index contributed by atoms with van der Waals surface area (Å²) in [5, 5.41) is 4.43. The number of alkyl carbamates (subject to hydrolysis) is 1. The summed E-state index contributed by atoms with van der Waals surface area (Å²) in [6, 6.07) is 0.906. The number of piperazine rings is 1. The molecule has 0 unspecified atom stereocenters. The Balaban J connectivity index is 1.51. The lowest BCUT2D eigenvalue weighted by molar-refractivity contribution is -0.134. The molecule has 0 aliphatic carbocycles. The maximum absolute atomic E-state index is 12.6. The van der Waals surface area contributed by atoms with Crippen LogP contribution in [0.1, 0.15) is 33.4 Å². The monoisotopic (exact) mass is 421 g/mol. The number of nitrogens with one attached hydrogen (secondary N) is 1. The Hall–Kier alpha value is -2.46. The number of fused-ring (bicyclic) bond motifs is 1. The van der Waals surface area contributed by atoms with Gasteiger partial charge in [-0.25, -0.2) is 9.78 Å². The van der Waals surface area contributed by atoms with Crippen molar-refractivity contribution in [1.82, 2.24) is 24.5 Å². The summed E-state index contributed by atoms with van der Waals surface area (Å²) >= 11 is 1.43. The SMILES string of the molecule is C[C@@H](NC(=O)OC(C)(C)C)C(=O)N1CCN(Cc2cc(=O)n3ccsc3n2)CC1. The molecule has 1 aliphatic rings. The van der Waals surface area contributed by atoms with Gasteiger partial charge in [0.15, 0.2) is 4.96 Å². The molecule has 1 saturated heterocycles. The minimum atomic E-state index is -0.653. The van der Waals surface area contributed by atoms with Crippen molar-refractivity contribution in [2.75, 3.05) is 26.2 Å². The fourth-order valence-electron chi connectivity index (χ4n) is 3.14. The van der Waals surface area contributed by atoms with Gasteiger partial charge >= 0.3 is 6.09 Å². The van der Waals surface area contributed by atoms with E-state index >= 15 is 0 Å². The van der Waals surface area contributed by atoms with Gasteiger partial charge in [0.1, 0.15) is 11.6 Å². The number of carbonyl (C=O) groups is 2. The average Bonchev–Trinajstić information content (AvgIpc) is 3.09. The lowest BCUT2D eigenvalue weighted by atomic mass is 10.2. The highest BCUT2D eigenvalue weighted by molar-refractivity contribution is 7.15. The molecule has 1 atom stereocenters. The number of ether oxygens (including phenoxy) is 1. The van der Waals surface area contributed by atoms with Gasteiger partial charge in [-0.05, 0) is 27.7 Å². The van der Waals surface area contributed by atoms with E-state index in [2.05, 4.69) is 15.2 Å². The lowest BCUT2D eigenvalue weighted by Crippen LogP contribution is -2.54. The molecule has 10 heteroatoms. The molecule has 9 nitrogen and oxygen atoms in total. The second-order valence-corrected chi connectivity index (χ2v) is 8.98. The van der Waals surface area contributed by atoms with Crippen LogP contribution in [0.2, 0.25) is 0 Å². The van der Waals surface area contributed by atoms with E-state index in [1.54, 1.807) is 44.9 Å². The summed E-state index contributed by atoms with van der Waals surface area (Å²) < 4.78 is 6.73. The van der Waals surface area contributed by atoms with Gasteiger partial charge in [-0.15, -0.1) is 11.3 Å². The lowest BCUT2D eigenvalue weighted by Gasteiger charge is -2.35. The molecular weight excluding hydrogens is 394 g/mol. The van der Waals surface area contributed by atoms with Crippen LogP contribution < -0.4 is 10.9 Å². The van der Waals surface area contributed by atoms with E-state index in [9.17, 15) is 14.4 Å². The van der Waals surface area contributed by atoms with Crippen LogP contribution in [0, 0.1) is 0 Å². The summed E-state index contributed by atoms with van der Waals surface area (Å²) in [7, 11) is 0. The van der Waals surface area contributed by atoms with Crippen molar-refractivity contribution in [1.29, 1.82) is 0 Å². The maximum Gasteiger partial charge on any atom is 0.408 e. The Bertz CT molecular complexity index is 940. The molecule has 1 aliphatic heterocycles. The molecule has 2 aromatic heterocycles. The normalized spacial score (nSPS) is 16.6. The van der Waals surface area contributed by atoms with Crippen molar-refractivity contribution in [3.05, 3.63) is 33.7 Å². The Morgan fingerprint density at radius 3 is 2.62 bits per heavy atom. The summed E-state index contributed by atoms with van der Waals surface area (Å²) in [6.07, 6.45) is 1.12. The third-order valence-electron chi connectivity index (χ3n) is 4.53. The number of amides is 2. The number of thiazole rings is 1. The van der Waals surface area contributed by atoms with Crippen molar-refractivity contribution < 1.29 is 14.3 Å². The van der Waals surface area contributed by atoms with Crippen LogP contribution >= 0.6 is 11.3 Å². The molecule has 1 fully saturated rings. The first-order chi connectivity index (χ1) is 13.6. The second-order valence-electron chi connectivity index (χ2n) is 8.11. The van der Waals surface area contributed by atoms with E-state index in [1.165, 1.54) is 15.7 Å². The van der Waals surface area contributed by atoms with Gasteiger partial charge in [0.2, 0.25) is 5.91 Å². The van der Waals surface area contributed by atoms with Crippen molar-refractivity contribution in [2.24, 2.45) is 0 Å². The predicted octanol–water partition coefficient (Wildman–Crippen LogP) is 1.31. The first-order valence-corrected chi connectivity index (χ1v) is 10.5. The van der Waals surface area contributed by atoms with Crippen molar-refractivity contribution in [3.63, 3.8) is 0 Å². The largest absolute Gasteiger partial charge is 0.444 e. The van der Waals surface area contributed by atoms with Crippen LogP contribution in [0.3, 0.4) is 0 Å². The standard InChI is InChI=1S/C19H27N5O4S/c1-13(20-18(27)28-19(2,3)4)16(26)23-7-5-22(6-8-23)12-14-11-15(25)24-9-10-29-17(24)21-14/h9-11,13H,5-8,12H2,1-4H3,(H,20,27)/t13-/m1/s1. The highest BCUT2D eigenvalue weighted by Crippen LogP contribution is 2.11. The van der Waals surface area contributed by atoms with Gasteiger partial charge in [-0.1, -0.05) is 0 Å². The fraction of sp³-hybridized carbons (Fsp3) is 0.579. The molecule has 2 amide bonds. The highest BCUT2D eigenvalue weighted by Gasteiger charge is 2.27. The highest BCUT2D eigenvalue weighted by atomic mass is 32.1. The minimum absolute atomic E-state index is 0.0814. The van der Waals surface area contributed by atoms with Crippen LogP contribution in [-0.2, 0) is 16.1 Å². The van der Waals surface area contributed by atoms with E-state index in [-0.39, 0.29) is 11.5 Å². The van der Waals surface area contributed by atoms with Crippen LogP contribution in [0.5, 0.6) is 0 Å². The van der Waals surface area contributed by atoms with Crippen LogP contribution in [0.4, 0.5) is 4.79 Å². The van der Waals surface area contributed by atoms with Gasteiger partial charge in [0.25, 0.3) is 5.56 Å². The zero-order valence-corrected chi connectivity index (χ0v) is 18.0. The number of nitrogens with zero attached hydrogens (tertiary/aromatic N) is 4. The number of rotatable bonds is 4. The van der Waals surface area contributed by atoms with Gasteiger partial charge in [-0.2, -0.15) is 0 Å². The van der Waals surface area contributed by atoms with Crippen LogP contribution in [0.25, 0.3) is 4.96 Å². The number of hydrogen-bond donors (Lipinski definition) is 1. The quantitative estimate of drug-likeness (QED) is 0.800. The molecule has 0 bridgehead atoms. The Morgan fingerprint density at radius 2 is 1.97 bits per heavy atom. The molecule has 0 radical (unpaired) electrons. The summed E-state index contributed by atoms with van der Waals surface area (Å²) in [5.74, 6) is -0.133. The van der Waals surface area contributed by atoms with E-state index in [0.29, 0.717) is 37.7 Å². The Labute approximate surface area is 173 Å². The first kappa shape index (κ1) is 21.3. The summed E-state index contributed by atoms with van der Waals surface area (Å²) in [4.78, 5) is 45.7. The third kappa shape index (κ3) is 5.54. The molecule has 3 heterocycles. The minimum Gasteiger partial charge on any atom is -0.444 e. The van der Waals surface area contributed by atoms with E-state index in [4.69, 9.17) is 4.74 Å². The van der Waals surface area contributed by atoms with Gasteiger partial charge in [0, 0.05) is 50.4 Å². The fourth-order valence-corrected chi connectivity index (χ4v) is 3.88. The molecule has 0 aromatic carbocycles. The molecule has 158 valence electrons. The van der Waals surface area contributed by atoms with Crippen molar-refractivity contribution in [3.8, 4) is 0 Å². The average molecular weight is 422 g/mol. The molecule has 2 aromatic rings. The topological polar surface area (TPSA) is 96.2 Å². The van der Waals surface area contributed by atoms with Crippen molar-refractivity contribution >= 4 is 28.3 Å². The number of hydrogen-bond acceptors (Lipinski definition) is 7. The zero-order valence-electron chi connectivity index (χ0n) is 17.2. The molecular formula is C19H27N5O4S. The zero-order chi connectivity index (χ0) is 21.2. The number of aromatic nitrogens is 2. The van der Waals surface area contributed by atoms with Crippen LogP contribution in [-0.4, -0.2) is 69.0 Å². The Morgan fingerprint density at radius 1 is 1.28 bits per heavy atom. The molecule has 1 N–H and O–H groups in total. The second kappa shape index (κ2) is 8.50. The third-order valence-corrected chi connectivity index (χ3v) is 5.29. The van der Waals surface area contributed by atoms with Gasteiger partial charge < -0.3 is 15.0 Å². The van der Waals surface area contributed by atoms with Gasteiger partial charge in [0.05, 0.1) is 5.69 Å². The smallest absolute Gasteiger partial charge is 0.408 e. The van der Waals surface area contributed by atoms with E-state index in [1.807, 2.05) is 5.38 Å². The molecule has 0 saturated carbocycles. The molecule has 29 heavy (non-hydrogen) atoms. The van der Waals surface area contributed by atoms with Crippen LogP contribution in [0.15, 0.2) is 22.4 Å². The summed E-state index contributed by atoms with van der Waals surface area (Å²) in [5.41, 5.74) is 0.0421. The first-order valence-electron chi connectivity index (χ1n) is 9.59. The molecule has 0 spiro atoms. The van der Waals surface area contributed by atoms with Gasteiger partial charge in [-0.3, -0.25) is 18.9 Å². The Kier molecular flexibility index (Phi) is 6.23. The maximum atomic E-state index is 12.6. The summed E-state index contributed by atoms with van der Waals surface area (Å²) in [6.45, 7) is 10.0. The molecule has 3 rings (SSSR count). The van der Waals surface area contributed by atoms with E-state index < -0.39 is 17.7 Å². The van der Waals surface area contributed by atoms with E-state index in [0.717, 1.165) is 5.69 Å². The predicted molar refractivity (Wildman–Crippen MR) is 110 cm³/mol. The van der Waals surface area contributed by atoms with Crippen molar-refractivity contribution in [2.45, 2.75) is 45.9 Å². The number of carbonyl (C=O) groups excluding carboxylic acids is 2.